The number of carbonyl (C=O) groups is 2. The van der Waals surface area contributed by atoms with Gasteiger partial charge in [0.1, 0.15) is 23.1 Å². The zero-order valence-electron chi connectivity index (χ0n) is 17.6. The molecule has 3 aromatic rings. The van der Waals surface area contributed by atoms with Gasteiger partial charge in [0.15, 0.2) is 6.29 Å². The van der Waals surface area contributed by atoms with Crippen LogP contribution in [0.1, 0.15) is 42.2 Å². The van der Waals surface area contributed by atoms with Gasteiger partial charge in [-0.1, -0.05) is 12.1 Å². The predicted octanol–water partition coefficient (Wildman–Crippen LogP) is 4.29. The van der Waals surface area contributed by atoms with Crippen molar-refractivity contribution in [3.05, 3.63) is 58.3 Å². The van der Waals surface area contributed by atoms with E-state index < -0.39 is 0 Å². The van der Waals surface area contributed by atoms with Crippen LogP contribution in [0.3, 0.4) is 0 Å². The molecule has 1 amide bonds. The molecule has 3 heterocycles. The second-order valence-electron chi connectivity index (χ2n) is 7.82. The van der Waals surface area contributed by atoms with Crippen LogP contribution in [0.25, 0.3) is 5.52 Å². The Morgan fingerprint density at radius 2 is 2.00 bits per heavy atom. The third-order valence-corrected chi connectivity index (χ3v) is 6.36. The van der Waals surface area contributed by atoms with Crippen molar-refractivity contribution in [3.8, 4) is 11.5 Å². The van der Waals surface area contributed by atoms with E-state index in [9.17, 15) is 9.59 Å². The van der Waals surface area contributed by atoms with Crippen LogP contribution in [-0.4, -0.2) is 46.5 Å². The highest BCUT2D eigenvalue weighted by Gasteiger charge is 2.37. The number of rotatable bonds is 7. The minimum Gasteiger partial charge on any atom is -0.497 e. The van der Waals surface area contributed by atoms with E-state index in [4.69, 9.17) is 9.47 Å². The first-order valence-corrected chi connectivity index (χ1v) is 10.9. The number of hydrogen-bond acceptors (Lipinski definition) is 5. The normalized spacial score (nSPS) is 18.3. The summed E-state index contributed by atoms with van der Waals surface area (Å²) in [4.78, 5) is 26.1. The number of benzene rings is 1. The van der Waals surface area contributed by atoms with Crippen LogP contribution < -0.4 is 9.47 Å². The Bertz CT molecular complexity index is 1110. The molecule has 1 fully saturated rings. The molecular formula is C23H24BrN3O4. The fourth-order valence-corrected chi connectivity index (χ4v) is 4.46. The number of likely N-dealkylation sites (tertiary alicyclic amines) is 1. The van der Waals surface area contributed by atoms with Crippen LogP contribution >= 0.6 is 15.9 Å². The Hall–Kier alpha value is -2.87. The molecule has 2 aromatic heterocycles. The van der Waals surface area contributed by atoms with Crippen molar-refractivity contribution in [2.24, 2.45) is 5.92 Å². The standard InChI is InChI=1S/C23H24BrN3O4/c1-14(16-4-6-20(30-3)7-5-16)26-11-17(8-22(26)29)15(2)31-21-9-19(24)12-27-23(21)18(13-28)10-25-27/h4-7,9-10,12-15,17H,8,11H2,1-3H3/t14-,15-,17-/m1/s1. The lowest BCUT2D eigenvalue weighted by Crippen LogP contribution is -2.31. The summed E-state index contributed by atoms with van der Waals surface area (Å²) in [5.74, 6) is 1.50. The number of aldehydes is 1. The molecule has 0 saturated carbocycles. The molecule has 0 unspecified atom stereocenters. The highest BCUT2D eigenvalue weighted by atomic mass is 79.9. The summed E-state index contributed by atoms with van der Waals surface area (Å²) in [6.45, 7) is 4.61. The Labute approximate surface area is 189 Å². The van der Waals surface area contributed by atoms with Gasteiger partial charge in [-0.2, -0.15) is 5.10 Å². The number of amides is 1. The molecule has 0 radical (unpaired) electrons. The van der Waals surface area contributed by atoms with Gasteiger partial charge in [0.25, 0.3) is 0 Å². The number of pyridine rings is 1. The van der Waals surface area contributed by atoms with Gasteiger partial charge < -0.3 is 14.4 Å². The highest BCUT2D eigenvalue weighted by Crippen LogP contribution is 2.34. The van der Waals surface area contributed by atoms with Crippen LogP contribution in [-0.2, 0) is 4.79 Å². The fourth-order valence-electron chi connectivity index (χ4n) is 4.06. The van der Waals surface area contributed by atoms with Crippen LogP contribution in [0.5, 0.6) is 11.5 Å². The second-order valence-corrected chi connectivity index (χ2v) is 8.73. The quantitative estimate of drug-likeness (QED) is 0.466. The van der Waals surface area contributed by atoms with E-state index in [0.717, 1.165) is 22.1 Å². The topological polar surface area (TPSA) is 73.1 Å². The summed E-state index contributed by atoms with van der Waals surface area (Å²) < 4.78 is 13.9. The Morgan fingerprint density at radius 1 is 1.26 bits per heavy atom. The number of nitrogens with zero attached hydrogens (tertiary/aromatic N) is 3. The number of fused-ring (bicyclic) bond motifs is 1. The summed E-state index contributed by atoms with van der Waals surface area (Å²) in [5.41, 5.74) is 2.15. The molecule has 162 valence electrons. The van der Waals surface area contributed by atoms with Gasteiger partial charge in [-0.15, -0.1) is 0 Å². The third-order valence-electron chi connectivity index (χ3n) is 5.93. The number of ether oxygens (including phenoxy) is 2. The summed E-state index contributed by atoms with van der Waals surface area (Å²) in [5, 5.41) is 4.21. The van der Waals surface area contributed by atoms with Gasteiger partial charge in [-0.25, -0.2) is 4.52 Å². The maximum Gasteiger partial charge on any atom is 0.223 e. The molecule has 0 bridgehead atoms. The molecule has 1 saturated heterocycles. The fraction of sp³-hybridized carbons (Fsp3) is 0.348. The van der Waals surface area contributed by atoms with Crippen molar-refractivity contribution < 1.29 is 19.1 Å². The molecule has 31 heavy (non-hydrogen) atoms. The second kappa shape index (κ2) is 8.70. The average molecular weight is 486 g/mol. The predicted molar refractivity (Wildman–Crippen MR) is 120 cm³/mol. The third kappa shape index (κ3) is 4.17. The molecule has 8 heteroatoms. The minimum absolute atomic E-state index is 0.0369. The van der Waals surface area contributed by atoms with Crippen molar-refractivity contribution in [1.29, 1.82) is 0 Å². The van der Waals surface area contributed by atoms with E-state index in [1.807, 2.05) is 49.1 Å². The molecule has 0 N–H and O–H groups in total. The average Bonchev–Trinajstić information content (AvgIpc) is 3.36. The lowest BCUT2D eigenvalue weighted by atomic mass is 10.0. The lowest BCUT2D eigenvalue weighted by molar-refractivity contribution is -0.129. The summed E-state index contributed by atoms with van der Waals surface area (Å²) in [6.07, 6.45) is 4.27. The first kappa shape index (κ1) is 21.4. The van der Waals surface area contributed by atoms with E-state index in [0.29, 0.717) is 29.8 Å². The van der Waals surface area contributed by atoms with Crippen molar-refractivity contribution in [2.75, 3.05) is 13.7 Å². The van der Waals surface area contributed by atoms with Gasteiger partial charge in [0.2, 0.25) is 5.91 Å². The summed E-state index contributed by atoms with van der Waals surface area (Å²) >= 11 is 3.46. The van der Waals surface area contributed by atoms with Gasteiger partial charge in [-0.3, -0.25) is 9.59 Å². The highest BCUT2D eigenvalue weighted by molar-refractivity contribution is 9.10. The first-order chi connectivity index (χ1) is 14.9. The van der Waals surface area contributed by atoms with E-state index in [-0.39, 0.29) is 24.0 Å². The van der Waals surface area contributed by atoms with Crippen LogP contribution in [0.15, 0.2) is 47.2 Å². The SMILES string of the molecule is COc1ccc([C@@H](C)N2C[C@H]([C@@H](C)Oc3cc(Br)cn4ncc(C=O)c34)CC2=O)cc1. The van der Waals surface area contributed by atoms with E-state index in [1.165, 1.54) is 6.20 Å². The molecule has 7 nitrogen and oxygen atoms in total. The van der Waals surface area contributed by atoms with Crippen molar-refractivity contribution in [2.45, 2.75) is 32.4 Å². The molecule has 1 aromatic carbocycles. The van der Waals surface area contributed by atoms with Crippen LogP contribution in [0.4, 0.5) is 0 Å². The maximum atomic E-state index is 12.8. The number of aromatic nitrogens is 2. The zero-order chi connectivity index (χ0) is 22.1. The van der Waals surface area contributed by atoms with Crippen molar-refractivity contribution in [1.82, 2.24) is 14.5 Å². The molecule has 4 rings (SSSR count). The Kier molecular flexibility index (Phi) is 6.00. The molecule has 1 aliphatic heterocycles. The van der Waals surface area contributed by atoms with E-state index in [1.54, 1.807) is 17.8 Å². The first-order valence-electron chi connectivity index (χ1n) is 10.1. The lowest BCUT2D eigenvalue weighted by Gasteiger charge is -2.27. The summed E-state index contributed by atoms with van der Waals surface area (Å²) in [7, 11) is 1.63. The zero-order valence-corrected chi connectivity index (χ0v) is 19.2. The molecule has 3 atom stereocenters. The number of carbonyl (C=O) groups excluding carboxylic acids is 2. The number of hydrogen-bond donors (Lipinski definition) is 0. The smallest absolute Gasteiger partial charge is 0.223 e. The van der Waals surface area contributed by atoms with E-state index >= 15 is 0 Å². The maximum absolute atomic E-state index is 12.8. The Balaban J connectivity index is 1.51. The van der Waals surface area contributed by atoms with Crippen LogP contribution in [0, 0.1) is 5.92 Å². The number of methoxy groups -OCH3 is 1. The van der Waals surface area contributed by atoms with Crippen molar-refractivity contribution >= 4 is 33.6 Å². The Morgan fingerprint density at radius 3 is 2.68 bits per heavy atom. The monoisotopic (exact) mass is 485 g/mol. The van der Waals surface area contributed by atoms with Gasteiger partial charge in [0.05, 0.1) is 24.9 Å². The van der Waals surface area contributed by atoms with Crippen LogP contribution in [0.2, 0.25) is 0 Å². The molecule has 1 aliphatic rings. The van der Waals surface area contributed by atoms with Gasteiger partial charge in [-0.05, 0) is 53.5 Å². The van der Waals surface area contributed by atoms with Crippen molar-refractivity contribution in [3.63, 3.8) is 0 Å². The largest absolute Gasteiger partial charge is 0.497 e. The van der Waals surface area contributed by atoms with E-state index in [2.05, 4.69) is 21.0 Å². The molecule has 0 spiro atoms. The molecular weight excluding hydrogens is 462 g/mol. The van der Waals surface area contributed by atoms with Gasteiger partial charge >= 0.3 is 0 Å². The summed E-state index contributed by atoms with van der Waals surface area (Å²) in [6, 6.07) is 9.58. The minimum atomic E-state index is -0.218. The number of halogens is 1. The molecule has 0 aliphatic carbocycles. The van der Waals surface area contributed by atoms with Gasteiger partial charge in [0, 0.05) is 29.6 Å².